The summed E-state index contributed by atoms with van der Waals surface area (Å²) in [6.45, 7) is 10.0. The van der Waals surface area contributed by atoms with Crippen LogP contribution in [0.2, 0.25) is 0 Å². The van der Waals surface area contributed by atoms with Crippen molar-refractivity contribution in [2.24, 2.45) is 5.10 Å². The number of nitrogens with one attached hydrogen (secondary N) is 1. The lowest BCUT2D eigenvalue weighted by Crippen LogP contribution is -2.47. The van der Waals surface area contributed by atoms with Crippen LogP contribution in [-0.4, -0.2) is 34.4 Å². The molecule has 27 heavy (non-hydrogen) atoms. The van der Waals surface area contributed by atoms with Gasteiger partial charge in [-0.15, -0.1) is 0 Å². The fourth-order valence-corrected chi connectivity index (χ4v) is 1.91. The zero-order valence-electron chi connectivity index (χ0n) is 15.6. The Morgan fingerprint density at radius 1 is 1.44 bits per heavy atom. The van der Waals surface area contributed by atoms with Crippen molar-refractivity contribution in [3.05, 3.63) is 42.1 Å². The normalized spacial score (nSPS) is 13.0. The monoisotopic (exact) mass is 384 g/mol. The van der Waals surface area contributed by atoms with Crippen molar-refractivity contribution in [2.75, 3.05) is 11.9 Å². The number of nitriles is 1. The summed E-state index contributed by atoms with van der Waals surface area (Å²) in [7, 11) is 0. The zero-order valence-corrected chi connectivity index (χ0v) is 15.6. The number of nitrogens with zero attached hydrogens (tertiary/aromatic N) is 3. The molecule has 0 aliphatic heterocycles. The van der Waals surface area contributed by atoms with E-state index in [4.69, 9.17) is 5.26 Å². The van der Waals surface area contributed by atoms with Gasteiger partial charge in [0, 0.05) is 18.1 Å². The standard InChI is InChI=1S/C16H17F3N4O2.C2H6/c1-4-21-23(5-2)10-15(3,25)14(24)22-12-7-6-11(9-20)13(8-12)16(17,18)19;1-2/h4-8,25H,2,10H2,1,3H3,(H,22,24);1-2H3/b21-4-;/t15-;/m0./s1. The molecular formula is C18H23F3N4O2. The van der Waals surface area contributed by atoms with E-state index in [1.165, 1.54) is 30.4 Å². The third kappa shape index (κ3) is 7.11. The number of anilines is 1. The fourth-order valence-electron chi connectivity index (χ4n) is 1.91. The van der Waals surface area contributed by atoms with Gasteiger partial charge in [0.2, 0.25) is 0 Å². The Labute approximate surface area is 156 Å². The molecule has 9 heteroatoms. The highest BCUT2D eigenvalue weighted by atomic mass is 19.4. The van der Waals surface area contributed by atoms with E-state index in [1.807, 2.05) is 13.8 Å². The molecule has 0 fully saturated rings. The van der Waals surface area contributed by atoms with Gasteiger partial charge in [-0.2, -0.15) is 23.5 Å². The smallest absolute Gasteiger partial charge is 0.378 e. The minimum Gasteiger partial charge on any atom is -0.378 e. The number of alkyl halides is 3. The third-order valence-corrected chi connectivity index (χ3v) is 3.14. The number of rotatable bonds is 6. The van der Waals surface area contributed by atoms with E-state index in [9.17, 15) is 23.1 Å². The molecule has 6 nitrogen and oxygen atoms in total. The molecule has 0 heterocycles. The second-order valence-corrected chi connectivity index (χ2v) is 5.25. The van der Waals surface area contributed by atoms with Gasteiger partial charge in [0.1, 0.15) is 0 Å². The van der Waals surface area contributed by atoms with Gasteiger partial charge in [-0.3, -0.25) is 9.80 Å². The molecule has 0 saturated heterocycles. The van der Waals surface area contributed by atoms with Gasteiger partial charge in [0.15, 0.2) is 5.60 Å². The van der Waals surface area contributed by atoms with E-state index in [1.54, 1.807) is 6.92 Å². The first-order valence-electron chi connectivity index (χ1n) is 8.08. The minimum absolute atomic E-state index is 0.194. The molecule has 0 saturated carbocycles. The summed E-state index contributed by atoms with van der Waals surface area (Å²) in [5.74, 6) is -0.927. The Morgan fingerprint density at radius 3 is 2.48 bits per heavy atom. The zero-order chi connectivity index (χ0) is 21.3. The molecular weight excluding hydrogens is 361 g/mol. The lowest BCUT2D eigenvalue weighted by atomic mass is 10.0. The molecule has 2 N–H and O–H groups in total. The highest BCUT2D eigenvalue weighted by Crippen LogP contribution is 2.33. The van der Waals surface area contributed by atoms with Crippen LogP contribution in [0.1, 0.15) is 38.8 Å². The number of aliphatic hydroxyl groups is 1. The van der Waals surface area contributed by atoms with Crippen molar-refractivity contribution in [1.29, 1.82) is 5.26 Å². The van der Waals surface area contributed by atoms with Gasteiger partial charge in [-0.1, -0.05) is 20.4 Å². The Morgan fingerprint density at radius 2 is 2.04 bits per heavy atom. The second kappa shape index (κ2) is 10.3. The van der Waals surface area contributed by atoms with E-state index in [-0.39, 0.29) is 12.2 Å². The Kier molecular flexibility index (Phi) is 9.23. The van der Waals surface area contributed by atoms with E-state index >= 15 is 0 Å². The SMILES string of the molecule is C=CN(C[C@](C)(O)C(=O)Nc1ccc(C#N)c(C(F)(F)F)c1)/N=C\C.CC. The highest BCUT2D eigenvalue weighted by Gasteiger charge is 2.35. The number of carbonyl (C=O) groups excluding carboxylic acids is 1. The summed E-state index contributed by atoms with van der Waals surface area (Å²) in [5.41, 5.74) is -3.88. The Bertz CT molecular complexity index is 722. The summed E-state index contributed by atoms with van der Waals surface area (Å²) < 4.78 is 38.8. The fraction of sp³-hybridized carbons (Fsp3) is 0.389. The minimum atomic E-state index is -4.75. The quantitative estimate of drug-likeness (QED) is 0.578. The lowest BCUT2D eigenvalue weighted by Gasteiger charge is -2.26. The summed E-state index contributed by atoms with van der Waals surface area (Å²) in [6, 6.07) is 4.18. The topological polar surface area (TPSA) is 88.7 Å². The summed E-state index contributed by atoms with van der Waals surface area (Å²) in [5, 5.41) is 26.3. The van der Waals surface area contributed by atoms with Crippen LogP contribution in [0.25, 0.3) is 0 Å². The average molecular weight is 384 g/mol. The van der Waals surface area contributed by atoms with Crippen LogP contribution in [-0.2, 0) is 11.0 Å². The number of hydrogen-bond acceptors (Lipinski definition) is 5. The first-order valence-corrected chi connectivity index (χ1v) is 8.08. The number of amides is 1. The van der Waals surface area contributed by atoms with Gasteiger partial charge < -0.3 is 10.4 Å². The lowest BCUT2D eigenvalue weighted by molar-refractivity contribution is -0.138. The molecule has 0 bridgehead atoms. The molecule has 1 aromatic rings. The maximum Gasteiger partial charge on any atom is 0.417 e. The molecule has 1 amide bonds. The van der Waals surface area contributed by atoms with Crippen molar-refractivity contribution in [1.82, 2.24) is 5.01 Å². The first-order chi connectivity index (χ1) is 12.5. The maximum absolute atomic E-state index is 12.9. The number of hydrazone groups is 1. The van der Waals surface area contributed by atoms with E-state index in [0.29, 0.717) is 6.07 Å². The predicted molar refractivity (Wildman–Crippen MR) is 97.8 cm³/mol. The first kappa shape index (κ1) is 24.1. The van der Waals surface area contributed by atoms with Crippen LogP contribution in [0.4, 0.5) is 18.9 Å². The van der Waals surface area contributed by atoms with Crippen LogP contribution in [0.3, 0.4) is 0 Å². The molecule has 1 rings (SSSR count). The Balaban J connectivity index is 0.00000326. The average Bonchev–Trinajstić information content (AvgIpc) is 2.62. The van der Waals surface area contributed by atoms with Crippen LogP contribution in [0.5, 0.6) is 0 Å². The number of hydrogen-bond donors (Lipinski definition) is 2. The summed E-state index contributed by atoms with van der Waals surface area (Å²) >= 11 is 0. The van der Waals surface area contributed by atoms with Gasteiger partial charge in [0.25, 0.3) is 5.91 Å². The van der Waals surface area contributed by atoms with E-state index < -0.39 is 28.8 Å². The van der Waals surface area contributed by atoms with Crippen molar-refractivity contribution in [2.45, 2.75) is 39.5 Å². The van der Waals surface area contributed by atoms with Crippen LogP contribution in [0.15, 0.2) is 36.1 Å². The van der Waals surface area contributed by atoms with Gasteiger partial charge >= 0.3 is 6.18 Å². The molecule has 148 valence electrons. The van der Waals surface area contributed by atoms with Crippen molar-refractivity contribution >= 4 is 17.8 Å². The van der Waals surface area contributed by atoms with Crippen molar-refractivity contribution in [3.63, 3.8) is 0 Å². The maximum atomic E-state index is 12.9. The van der Waals surface area contributed by atoms with Gasteiger partial charge in [0.05, 0.1) is 23.7 Å². The van der Waals surface area contributed by atoms with Crippen molar-refractivity contribution in [3.8, 4) is 6.07 Å². The number of carbonyl (C=O) groups is 1. The summed E-state index contributed by atoms with van der Waals surface area (Å²) in [6.07, 6.45) is -2.04. The molecule has 0 unspecified atom stereocenters. The molecule has 0 spiro atoms. The molecule has 0 radical (unpaired) electrons. The molecule has 0 aromatic heterocycles. The van der Waals surface area contributed by atoms with Gasteiger partial charge in [-0.25, -0.2) is 0 Å². The molecule has 0 aliphatic rings. The Hall–Kier alpha value is -2.86. The third-order valence-electron chi connectivity index (χ3n) is 3.14. The van der Waals surface area contributed by atoms with Crippen LogP contribution in [0, 0.1) is 11.3 Å². The largest absolute Gasteiger partial charge is 0.417 e. The molecule has 1 aromatic carbocycles. The van der Waals surface area contributed by atoms with E-state index in [0.717, 1.165) is 12.1 Å². The predicted octanol–water partition coefficient (Wildman–Crippen LogP) is 3.74. The van der Waals surface area contributed by atoms with Crippen LogP contribution < -0.4 is 5.32 Å². The van der Waals surface area contributed by atoms with Crippen LogP contribution >= 0.6 is 0 Å². The van der Waals surface area contributed by atoms with E-state index in [2.05, 4.69) is 17.0 Å². The molecule has 0 aliphatic carbocycles. The number of halogens is 3. The van der Waals surface area contributed by atoms with Gasteiger partial charge in [-0.05, 0) is 32.0 Å². The van der Waals surface area contributed by atoms with Crippen molar-refractivity contribution < 1.29 is 23.1 Å². The number of benzene rings is 1. The molecule has 1 atom stereocenters. The second-order valence-electron chi connectivity index (χ2n) is 5.25. The summed E-state index contributed by atoms with van der Waals surface area (Å²) in [4.78, 5) is 12.2. The highest BCUT2D eigenvalue weighted by molar-refractivity contribution is 5.97.